The SMILES string of the molecule is c1ccc(-c2nc(-c3ccc(-c4c5ccccc5cc5c4ccc4ccccc45)cc3)nc(-c3ccccc3-c3cccnc3)n2)cc1. The third kappa shape index (κ3) is 4.88. The summed E-state index contributed by atoms with van der Waals surface area (Å²) in [5.74, 6) is 1.88. The van der Waals surface area contributed by atoms with E-state index in [0.29, 0.717) is 17.5 Å². The highest BCUT2D eigenvalue weighted by Gasteiger charge is 2.17. The van der Waals surface area contributed by atoms with Gasteiger partial charge in [-0.3, -0.25) is 4.98 Å². The number of nitrogens with zero attached hydrogens (tertiary/aromatic N) is 4. The molecule has 0 saturated heterocycles. The number of rotatable bonds is 5. The molecule has 2 aromatic heterocycles. The summed E-state index contributed by atoms with van der Waals surface area (Å²) in [7, 11) is 0. The lowest BCUT2D eigenvalue weighted by Crippen LogP contribution is -2.01. The molecule has 7 aromatic carbocycles. The summed E-state index contributed by atoms with van der Waals surface area (Å²) in [6.45, 7) is 0. The zero-order valence-corrected chi connectivity index (χ0v) is 26.0. The van der Waals surface area contributed by atoms with E-state index in [0.717, 1.165) is 33.4 Å². The maximum atomic E-state index is 5.08. The normalized spacial score (nSPS) is 11.3. The first-order valence-electron chi connectivity index (χ1n) is 16.1. The zero-order chi connectivity index (χ0) is 31.9. The Morgan fingerprint density at radius 1 is 0.333 bits per heavy atom. The Labute approximate surface area is 278 Å². The predicted molar refractivity (Wildman–Crippen MR) is 197 cm³/mol. The van der Waals surface area contributed by atoms with Crippen LogP contribution in [-0.2, 0) is 0 Å². The third-order valence-corrected chi connectivity index (χ3v) is 9.01. The molecule has 0 aliphatic heterocycles. The Kier molecular flexibility index (Phi) is 6.76. The van der Waals surface area contributed by atoms with Gasteiger partial charge in [-0.15, -0.1) is 0 Å². The summed E-state index contributed by atoms with van der Waals surface area (Å²) in [6, 6.07) is 55.0. The van der Waals surface area contributed by atoms with Crippen LogP contribution in [0.15, 0.2) is 170 Å². The van der Waals surface area contributed by atoms with Crippen LogP contribution in [0.1, 0.15) is 0 Å². The van der Waals surface area contributed by atoms with Crippen LogP contribution < -0.4 is 0 Å². The molecule has 48 heavy (non-hydrogen) atoms. The lowest BCUT2D eigenvalue weighted by atomic mass is 9.89. The van der Waals surface area contributed by atoms with E-state index in [2.05, 4.69) is 114 Å². The highest BCUT2D eigenvalue weighted by atomic mass is 15.0. The van der Waals surface area contributed by atoms with Crippen molar-refractivity contribution in [1.82, 2.24) is 19.9 Å². The van der Waals surface area contributed by atoms with Crippen molar-refractivity contribution in [3.63, 3.8) is 0 Å². The number of hydrogen-bond donors (Lipinski definition) is 0. The molecule has 9 rings (SSSR count). The molecule has 0 fully saturated rings. The van der Waals surface area contributed by atoms with Gasteiger partial charge >= 0.3 is 0 Å². The number of benzene rings is 7. The molecule has 0 radical (unpaired) electrons. The molecule has 0 spiro atoms. The second-order valence-corrected chi connectivity index (χ2v) is 11.9. The van der Waals surface area contributed by atoms with E-state index in [1.165, 1.54) is 37.9 Å². The molecule has 0 bridgehead atoms. The molecular weight excluding hydrogens is 585 g/mol. The highest BCUT2D eigenvalue weighted by molar-refractivity contribution is 6.20. The molecule has 4 heteroatoms. The van der Waals surface area contributed by atoms with Crippen LogP contribution in [0.3, 0.4) is 0 Å². The Morgan fingerprint density at radius 3 is 1.71 bits per heavy atom. The maximum absolute atomic E-state index is 5.08. The molecule has 224 valence electrons. The monoisotopic (exact) mass is 612 g/mol. The van der Waals surface area contributed by atoms with Crippen molar-refractivity contribution in [2.75, 3.05) is 0 Å². The number of pyridine rings is 1. The first kappa shape index (κ1) is 27.8. The van der Waals surface area contributed by atoms with Crippen LogP contribution in [0, 0.1) is 0 Å². The molecule has 4 nitrogen and oxygen atoms in total. The summed E-state index contributed by atoms with van der Waals surface area (Å²) < 4.78 is 0. The summed E-state index contributed by atoms with van der Waals surface area (Å²) >= 11 is 0. The topological polar surface area (TPSA) is 51.6 Å². The Hall–Kier alpha value is -6.52. The quantitative estimate of drug-likeness (QED) is 0.143. The fourth-order valence-corrected chi connectivity index (χ4v) is 6.71. The second kappa shape index (κ2) is 11.7. The average molecular weight is 613 g/mol. The fourth-order valence-electron chi connectivity index (χ4n) is 6.71. The first-order valence-corrected chi connectivity index (χ1v) is 16.1. The first-order chi connectivity index (χ1) is 23.8. The molecule has 0 unspecified atom stereocenters. The summed E-state index contributed by atoms with van der Waals surface area (Å²) in [4.78, 5) is 19.4. The van der Waals surface area contributed by atoms with Gasteiger partial charge in [0.25, 0.3) is 0 Å². The molecule has 0 aliphatic carbocycles. The molecule has 0 amide bonds. The van der Waals surface area contributed by atoms with Gasteiger partial charge in [0.05, 0.1) is 0 Å². The number of aromatic nitrogens is 4. The Balaban J connectivity index is 1.21. The van der Waals surface area contributed by atoms with Crippen molar-refractivity contribution in [2.24, 2.45) is 0 Å². The van der Waals surface area contributed by atoms with Crippen molar-refractivity contribution in [3.8, 4) is 56.4 Å². The highest BCUT2D eigenvalue weighted by Crippen LogP contribution is 2.40. The fraction of sp³-hybridized carbons (Fsp3) is 0. The van der Waals surface area contributed by atoms with E-state index >= 15 is 0 Å². The Morgan fingerprint density at radius 2 is 0.938 bits per heavy atom. The van der Waals surface area contributed by atoms with Gasteiger partial charge in [0.2, 0.25) is 0 Å². The van der Waals surface area contributed by atoms with E-state index in [4.69, 9.17) is 15.0 Å². The van der Waals surface area contributed by atoms with Gasteiger partial charge in [0.1, 0.15) is 0 Å². The summed E-state index contributed by atoms with van der Waals surface area (Å²) in [5.41, 5.74) is 7.20. The lowest BCUT2D eigenvalue weighted by Gasteiger charge is -2.15. The van der Waals surface area contributed by atoms with E-state index in [-0.39, 0.29) is 0 Å². The number of hydrogen-bond acceptors (Lipinski definition) is 4. The van der Waals surface area contributed by atoms with Gasteiger partial charge in [0, 0.05) is 34.6 Å². The van der Waals surface area contributed by atoms with Crippen LogP contribution in [0.4, 0.5) is 0 Å². The Bertz CT molecular complexity index is 2600. The molecule has 0 N–H and O–H groups in total. The van der Waals surface area contributed by atoms with Crippen molar-refractivity contribution in [2.45, 2.75) is 0 Å². The van der Waals surface area contributed by atoms with Crippen molar-refractivity contribution in [1.29, 1.82) is 0 Å². The van der Waals surface area contributed by atoms with Crippen LogP contribution in [0.25, 0.3) is 88.7 Å². The lowest BCUT2D eigenvalue weighted by molar-refractivity contribution is 1.07. The van der Waals surface area contributed by atoms with Crippen molar-refractivity contribution < 1.29 is 0 Å². The summed E-state index contributed by atoms with van der Waals surface area (Å²) in [5, 5.41) is 7.45. The minimum absolute atomic E-state index is 0.620. The zero-order valence-electron chi connectivity index (χ0n) is 26.0. The van der Waals surface area contributed by atoms with Crippen LogP contribution in [0.2, 0.25) is 0 Å². The molecule has 0 aliphatic rings. The summed E-state index contributed by atoms with van der Waals surface area (Å²) in [6.07, 6.45) is 3.66. The van der Waals surface area contributed by atoms with E-state index < -0.39 is 0 Å². The van der Waals surface area contributed by atoms with Gasteiger partial charge in [-0.2, -0.15) is 0 Å². The van der Waals surface area contributed by atoms with Crippen LogP contribution in [-0.4, -0.2) is 19.9 Å². The smallest absolute Gasteiger partial charge is 0.164 e. The van der Waals surface area contributed by atoms with Gasteiger partial charge < -0.3 is 0 Å². The third-order valence-electron chi connectivity index (χ3n) is 9.01. The maximum Gasteiger partial charge on any atom is 0.164 e. The molecule has 0 saturated carbocycles. The average Bonchev–Trinajstić information content (AvgIpc) is 3.17. The van der Waals surface area contributed by atoms with E-state index in [1.807, 2.05) is 54.7 Å². The van der Waals surface area contributed by atoms with E-state index in [9.17, 15) is 0 Å². The molecule has 2 heterocycles. The standard InChI is InChI=1S/C44H28N4/c1-2-12-31(13-3-1)42-46-43(48-44(47-42)39-19-9-8-17-36(39)34-15-10-26-45-28-34)32-22-20-30(21-23-32)41-37-18-7-5-14-33(37)27-40-35-16-6-4-11-29(35)24-25-38(40)41/h1-28H. The molecular formula is C44H28N4. The van der Waals surface area contributed by atoms with Gasteiger partial charge in [-0.25, -0.2) is 15.0 Å². The predicted octanol–water partition coefficient (Wildman–Crippen LogP) is 11.1. The van der Waals surface area contributed by atoms with Crippen LogP contribution in [0.5, 0.6) is 0 Å². The molecule has 0 atom stereocenters. The van der Waals surface area contributed by atoms with Crippen molar-refractivity contribution >= 4 is 32.3 Å². The minimum Gasteiger partial charge on any atom is -0.264 e. The second-order valence-electron chi connectivity index (χ2n) is 11.9. The van der Waals surface area contributed by atoms with Crippen molar-refractivity contribution in [3.05, 3.63) is 170 Å². The van der Waals surface area contributed by atoms with Gasteiger partial charge in [-0.1, -0.05) is 146 Å². The minimum atomic E-state index is 0.620. The van der Waals surface area contributed by atoms with E-state index in [1.54, 1.807) is 6.20 Å². The van der Waals surface area contributed by atoms with Gasteiger partial charge in [-0.05, 0) is 61.1 Å². The molecule has 9 aromatic rings. The van der Waals surface area contributed by atoms with Gasteiger partial charge in [0.15, 0.2) is 17.5 Å². The van der Waals surface area contributed by atoms with Crippen LogP contribution >= 0.6 is 0 Å². The number of fused-ring (bicyclic) bond motifs is 4. The largest absolute Gasteiger partial charge is 0.264 e.